The van der Waals surface area contributed by atoms with E-state index in [1.165, 1.54) is 11.8 Å². The molecule has 0 bridgehead atoms. The molecule has 2 amide bonds. The van der Waals surface area contributed by atoms with Gasteiger partial charge in [-0.25, -0.2) is 0 Å². The highest BCUT2D eigenvalue weighted by Crippen LogP contribution is 2.54. The van der Waals surface area contributed by atoms with Gasteiger partial charge in [0.2, 0.25) is 5.91 Å². The van der Waals surface area contributed by atoms with Crippen LogP contribution >= 0.6 is 24.0 Å². The molecule has 1 heterocycles. The van der Waals surface area contributed by atoms with Gasteiger partial charge in [0.25, 0.3) is 5.91 Å². The van der Waals surface area contributed by atoms with Gasteiger partial charge in [-0.1, -0.05) is 126 Å². The number of nitrogens with zero attached hydrogens (tertiary/aromatic N) is 1. The molecule has 1 aliphatic rings. The molecule has 5 unspecified atom stereocenters. The van der Waals surface area contributed by atoms with E-state index in [0.717, 1.165) is 34.8 Å². The van der Waals surface area contributed by atoms with Crippen molar-refractivity contribution < 1.29 is 29.3 Å². The van der Waals surface area contributed by atoms with Gasteiger partial charge < -0.3 is 25.2 Å². The summed E-state index contributed by atoms with van der Waals surface area (Å²) in [6, 6.07) is 29.8. The minimum absolute atomic E-state index is 0.0617. The number of aliphatic hydroxyl groups is 2. The lowest BCUT2D eigenvalue weighted by Gasteiger charge is -2.42. The second-order valence-electron chi connectivity index (χ2n) is 18.3. The summed E-state index contributed by atoms with van der Waals surface area (Å²) in [4.78, 5) is 44.4. The largest absolute Gasteiger partial charge is 0.466 e. The molecule has 4 rings (SSSR count). The zero-order chi connectivity index (χ0) is 45.2. The number of benzene rings is 3. The maximum atomic E-state index is 15.4. The maximum Gasteiger partial charge on any atom is 0.313 e. The van der Waals surface area contributed by atoms with Gasteiger partial charge in [0, 0.05) is 28.4 Å². The van der Waals surface area contributed by atoms with Gasteiger partial charge in [-0.05, 0) is 106 Å². The first kappa shape index (κ1) is 49.9. The third-order valence-electron chi connectivity index (χ3n) is 12.8. The van der Waals surface area contributed by atoms with Crippen molar-refractivity contribution >= 4 is 54.0 Å². The fourth-order valence-corrected chi connectivity index (χ4v) is 13.4. The van der Waals surface area contributed by atoms with E-state index in [1.54, 1.807) is 24.0 Å². The molecule has 3 aromatic carbocycles. The van der Waals surface area contributed by atoms with E-state index >= 15 is 4.79 Å². The van der Waals surface area contributed by atoms with Crippen LogP contribution < -0.4 is 5.32 Å². The molecule has 61 heavy (non-hydrogen) atoms. The first-order chi connectivity index (χ1) is 28.8. The Bertz CT molecular complexity index is 2000. The second-order valence-corrected chi connectivity index (χ2v) is 25.5. The Morgan fingerprint density at radius 1 is 0.869 bits per heavy atom. The number of hydrogen-bond donors (Lipinski definition) is 3. The highest BCUT2D eigenvalue weighted by atomic mass is 32.2. The summed E-state index contributed by atoms with van der Waals surface area (Å²) >= 11 is 7.52. The van der Waals surface area contributed by atoms with Crippen LogP contribution in [0.2, 0.25) is 18.1 Å². The van der Waals surface area contributed by atoms with E-state index in [2.05, 4.69) is 51.4 Å². The van der Waals surface area contributed by atoms with Gasteiger partial charge in [-0.15, -0.1) is 17.3 Å². The maximum absolute atomic E-state index is 15.4. The molecule has 8 nitrogen and oxygen atoms in total. The number of amides is 2. The Labute approximate surface area is 376 Å². The Hall–Kier alpha value is -3.79. The number of ether oxygens (including phenoxy) is 1. The number of rotatable bonds is 19. The molecule has 1 fully saturated rings. The molecule has 1 saturated heterocycles. The third-order valence-corrected chi connectivity index (χ3v) is 19.3. The normalized spacial score (nSPS) is 18.2. The van der Waals surface area contributed by atoms with Gasteiger partial charge in [-0.3, -0.25) is 14.4 Å². The summed E-state index contributed by atoms with van der Waals surface area (Å²) in [5, 5.41) is 25.2. The SMILES string of the molecule is CCOC(=O)C(c1ccccc1)C(C)(C)CC(c1ccc(C(=O)NC(C)(C)CCO)cc1)C1C(=O)N(CC#C[Si](CC)(CC)CC)C(O)C1C(C)(C)SC(=S)c1ccccc1. The van der Waals surface area contributed by atoms with Crippen LogP contribution in [0.5, 0.6) is 0 Å². The summed E-state index contributed by atoms with van der Waals surface area (Å²) in [5.74, 6) is -0.0165. The molecule has 5 atom stereocenters. The summed E-state index contributed by atoms with van der Waals surface area (Å²) in [5.41, 5.74) is 5.18. The van der Waals surface area contributed by atoms with E-state index in [-0.39, 0.29) is 37.5 Å². The third kappa shape index (κ3) is 12.2. The molecule has 0 aliphatic carbocycles. The van der Waals surface area contributed by atoms with Crippen LogP contribution in [0.3, 0.4) is 0 Å². The molecule has 330 valence electrons. The van der Waals surface area contributed by atoms with Crippen LogP contribution in [0.15, 0.2) is 84.9 Å². The number of carbonyl (C=O) groups excluding carboxylic acids is 3. The molecule has 0 saturated carbocycles. The number of thiocarbonyl (C=S) groups is 1. The average Bonchev–Trinajstić information content (AvgIpc) is 3.48. The van der Waals surface area contributed by atoms with Gasteiger partial charge in [0.15, 0.2) is 0 Å². The molecule has 3 aromatic rings. The number of thioether (sulfide) groups is 1. The molecule has 3 N–H and O–H groups in total. The fraction of sp³-hybridized carbons (Fsp3) is 0.520. The van der Waals surface area contributed by atoms with Gasteiger partial charge >= 0.3 is 5.97 Å². The zero-order valence-electron chi connectivity index (χ0n) is 37.9. The molecule has 0 radical (unpaired) electrons. The summed E-state index contributed by atoms with van der Waals surface area (Å²) in [7, 11) is -1.86. The lowest BCUT2D eigenvalue weighted by Crippen LogP contribution is -2.44. The Kier molecular flexibility index (Phi) is 17.6. The Morgan fingerprint density at radius 2 is 1.44 bits per heavy atom. The van der Waals surface area contributed by atoms with E-state index < -0.39 is 53.7 Å². The monoisotopic (exact) mass is 884 g/mol. The molecule has 1 aliphatic heterocycles. The van der Waals surface area contributed by atoms with Gasteiger partial charge in [-0.2, -0.15) is 0 Å². The van der Waals surface area contributed by atoms with Crippen LogP contribution in [-0.2, 0) is 14.3 Å². The number of esters is 1. The van der Waals surface area contributed by atoms with Crippen molar-refractivity contribution in [3.05, 3.63) is 107 Å². The van der Waals surface area contributed by atoms with Crippen molar-refractivity contribution in [1.82, 2.24) is 10.2 Å². The van der Waals surface area contributed by atoms with Crippen molar-refractivity contribution in [3.8, 4) is 11.5 Å². The van der Waals surface area contributed by atoms with Gasteiger partial charge in [0.05, 0.1) is 29.2 Å². The first-order valence-corrected chi connectivity index (χ1v) is 25.7. The molecule has 0 spiro atoms. The minimum atomic E-state index is -1.86. The molecular weight excluding hydrogens is 817 g/mol. The van der Waals surface area contributed by atoms with Crippen LogP contribution in [0, 0.1) is 28.7 Å². The quantitative estimate of drug-likeness (QED) is 0.0472. The topological polar surface area (TPSA) is 116 Å². The number of carbonyl (C=O) groups is 3. The van der Waals surface area contributed by atoms with Crippen molar-refractivity contribution in [3.63, 3.8) is 0 Å². The van der Waals surface area contributed by atoms with E-state index in [9.17, 15) is 19.8 Å². The lowest BCUT2D eigenvalue weighted by atomic mass is 9.64. The first-order valence-electron chi connectivity index (χ1n) is 21.8. The highest BCUT2D eigenvalue weighted by Gasteiger charge is 2.57. The predicted octanol–water partition coefficient (Wildman–Crippen LogP) is 9.76. The summed E-state index contributed by atoms with van der Waals surface area (Å²) in [6.07, 6.45) is -0.417. The van der Waals surface area contributed by atoms with Crippen molar-refractivity contribution in [1.29, 1.82) is 0 Å². The van der Waals surface area contributed by atoms with Crippen molar-refractivity contribution in [2.45, 2.75) is 129 Å². The number of aliphatic hydroxyl groups excluding tert-OH is 2. The van der Waals surface area contributed by atoms with Crippen molar-refractivity contribution in [2.75, 3.05) is 19.8 Å². The second kappa shape index (κ2) is 21.5. The van der Waals surface area contributed by atoms with E-state index in [4.69, 9.17) is 17.0 Å². The molecule has 11 heteroatoms. The van der Waals surface area contributed by atoms with E-state index in [1.807, 2.05) is 100 Å². The standard InChI is InChI=1S/C50H68N2O6S2Si/c1-11-58-46(57)41(36-22-17-15-18-23-36)48(5,6)34-39(35-26-28-37(29-27-35)43(54)51-49(7,8)30-32-53)40-42(50(9,10)60-47(59)38-24-19-16-20-25-38)45(56)52(44(40)55)31-21-33-61(12-2,13-3)14-4/h15-20,22-29,39-42,45,53,56H,11-14,30-32,34H2,1-10H3,(H,51,54). The van der Waals surface area contributed by atoms with Gasteiger partial charge in [0.1, 0.15) is 14.3 Å². The fourth-order valence-electron chi connectivity index (χ4n) is 9.02. The highest BCUT2D eigenvalue weighted by molar-refractivity contribution is 8.24. The van der Waals surface area contributed by atoms with Crippen LogP contribution in [0.1, 0.15) is 121 Å². The average molecular weight is 885 g/mol. The lowest BCUT2D eigenvalue weighted by molar-refractivity contribution is -0.148. The smallest absolute Gasteiger partial charge is 0.313 e. The zero-order valence-corrected chi connectivity index (χ0v) is 40.6. The van der Waals surface area contributed by atoms with Crippen molar-refractivity contribution in [2.24, 2.45) is 17.3 Å². The summed E-state index contributed by atoms with van der Waals surface area (Å²) in [6.45, 7) is 20.6. The van der Waals surface area contributed by atoms with Crippen LogP contribution in [-0.4, -0.2) is 81.4 Å². The molecular formula is C50H68N2O6S2Si. The Morgan fingerprint density at radius 3 is 1.98 bits per heavy atom. The van der Waals surface area contributed by atoms with Crippen LogP contribution in [0.4, 0.5) is 0 Å². The molecule has 0 aromatic heterocycles. The minimum Gasteiger partial charge on any atom is -0.466 e. The van der Waals surface area contributed by atoms with Crippen LogP contribution in [0.25, 0.3) is 0 Å². The number of likely N-dealkylation sites (tertiary alicyclic amines) is 1. The van der Waals surface area contributed by atoms with E-state index in [0.29, 0.717) is 22.6 Å². The summed E-state index contributed by atoms with van der Waals surface area (Å²) < 4.78 is 5.63. The number of hydrogen-bond acceptors (Lipinski definition) is 8. The number of nitrogens with one attached hydrogen (secondary N) is 1. The predicted molar refractivity (Wildman–Crippen MR) is 256 cm³/mol. The Balaban J connectivity index is 1.92.